The molecule has 0 aliphatic carbocycles. The molecule has 1 atom stereocenters. The quantitative estimate of drug-likeness (QED) is 0.674. The second-order valence-electron chi connectivity index (χ2n) is 8.13. The monoisotopic (exact) mass is 395 g/mol. The van der Waals surface area contributed by atoms with Crippen LogP contribution in [0, 0.1) is 0 Å². The molecule has 2 aromatic carbocycles. The summed E-state index contributed by atoms with van der Waals surface area (Å²) in [5, 5.41) is 9.30. The van der Waals surface area contributed by atoms with Crippen molar-refractivity contribution >= 4 is 35.9 Å². The summed E-state index contributed by atoms with van der Waals surface area (Å²) < 4.78 is 6.51. The SMILES string of the molecule is Bc1n[nH]c2c([C@@H](C)OCC3(c4ccccc4)CCN(C)CC3)cc(Cl)cc12. The van der Waals surface area contributed by atoms with Gasteiger partial charge in [-0.3, -0.25) is 5.10 Å². The Bertz CT molecular complexity index is 951. The molecule has 0 amide bonds. The molecular weight excluding hydrogens is 369 g/mol. The van der Waals surface area contributed by atoms with E-state index in [-0.39, 0.29) is 11.5 Å². The van der Waals surface area contributed by atoms with Gasteiger partial charge < -0.3 is 9.64 Å². The Labute approximate surface area is 172 Å². The molecule has 28 heavy (non-hydrogen) atoms. The van der Waals surface area contributed by atoms with E-state index in [1.54, 1.807) is 0 Å². The summed E-state index contributed by atoms with van der Waals surface area (Å²) in [6.07, 6.45) is 2.14. The minimum Gasteiger partial charge on any atom is -0.373 e. The minimum atomic E-state index is -0.0682. The molecule has 4 nitrogen and oxygen atoms in total. The maximum atomic E-state index is 6.51. The van der Waals surface area contributed by atoms with Crippen LogP contribution in [0.5, 0.6) is 0 Å². The van der Waals surface area contributed by atoms with Crippen molar-refractivity contribution in [1.82, 2.24) is 15.1 Å². The lowest BCUT2D eigenvalue weighted by atomic mass is 9.73. The van der Waals surface area contributed by atoms with E-state index in [9.17, 15) is 0 Å². The molecule has 0 spiro atoms. The molecular formula is C22H27BClN3O. The normalized spacial score (nSPS) is 18.4. The van der Waals surface area contributed by atoms with Crippen LogP contribution >= 0.6 is 11.6 Å². The molecule has 1 aliphatic heterocycles. The van der Waals surface area contributed by atoms with E-state index in [0.29, 0.717) is 6.61 Å². The highest BCUT2D eigenvalue weighted by Gasteiger charge is 2.36. The van der Waals surface area contributed by atoms with Crippen molar-refractivity contribution < 1.29 is 4.74 Å². The molecule has 3 aromatic rings. The van der Waals surface area contributed by atoms with Crippen LogP contribution in [0.1, 0.15) is 37.0 Å². The number of ether oxygens (including phenoxy) is 1. The Morgan fingerprint density at radius 2 is 1.96 bits per heavy atom. The summed E-state index contributed by atoms with van der Waals surface area (Å²) in [7, 11) is 4.19. The van der Waals surface area contributed by atoms with Gasteiger partial charge in [-0.2, -0.15) is 5.10 Å². The van der Waals surface area contributed by atoms with Gasteiger partial charge in [0.25, 0.3) is 0 Å². The van der Waals surface area contributed by atoms with Crippen molar-refractivity contribution in [2.75, 3.05) is 26.7 Å². The average molecular weight is 396 g/mol. The van der Waals surface area contributed by atoms with Gasteiger partial charge in [-0.05, 0) is 57.6 Å². The first-order chi connectivity index (χ1) is 13.5. The molecule has 0 radical (unpaired) electrons. The third-order valence-electron chi connectivity index (χ3n) is 6.24. The number of piperidine rings is 1. The van der Waals surface area contributed by atoms with Gasteiger partial charge in [-0.25, -0.2) is 0 Å². The zero-order chi connectivity index (χ0) is 19.7. The lowest BCUT2D eigenvalue weighted by Crippen LogP contribution is -2.44. The van der Waals surface area contributed by atoms with E-state index < -0.39 is 0 Å². The third-order valence-corrected chi connectivity index (χ3v) is 6.45. The first-order valence-electron chi connectivity index (χ1n) is 9.98. The maximum absolute atomic E-state index is 6.51. The molecule has 0 saturated carbocycles. The zero-order valence-electron chi connectivity index (χ0n) is 16.8. The molecule has 1 fully saturated rings. The van der Waals surface area contributed by atoms with E-state index in [4.69, 9.17) is 16.3 Å². The van der Waals surface area contributed by atoms with Crippen molar-refractivity contribution in [3.05, 3.63) is 58.6 Å². The number of fused-ring (bicyclic) bond motifs is 1. The Hall–Kier alpha value is -1.82. The van der Waals surface area contributed by atoms with E-state index >= 15 is 0 Å². The molecule has 4 rings (SSSR count). The standard InChI is InChI=1S/C22H27BClN3O/c1-15(18-12-17(24)13-19-20(18)25-26-21(19)23)28-14-22(8-10-27(2)11-9-22)16-6-4-3-5-7-16/h3-7,12-13,15H,8-11,14,23H2,1-2H3,(H,25,26)/t15-/m1/s1. The van der Waals surface area contributed by atoms with Crippen LogP contribution in [-0.2, 0) is 10.2 Å². The number of nitrogens with one attached hydrogen (secondary N) is 1. The largest absolute Gasteiger partial charge is 0.373 e. The first-order valence-corrected chi connectivity index (χ1v) is 10.4. The van der Waals surface area contributed by atoms with Crippen molar-refractivity contribution in [3.8, 4) is 0 Å². The molecule has 1 aromatic heterocycles. The van der Waals surface area contributed by atoms with Crippen molar-refractivity contribution in [2.24, 2.45) is 0 Å². The van der Waals surface area contributed by atoms with Gasteiger partial charge in [-0.15, -0.1) is 0 Å². The number of rotatable bonds is 5. The van der Waals surface area contributed by atoms with Crippen molar-refractivity contribution in [3.63, 3.8) is 0 Å². The smallest absolute Gasteiger partial charge is 0.167 e. The number of halogens is 1. The van der Waals surface area contributed by atoms with Gasteiger partial charge in [0.2, 0.25) is 0 Å². The predicted molar refractivity (Wildman–Crippen MR) is 118 cm³/mol. The van der Waals surface area contributed by atoms with E-state index in [0.717, 1.165) is 53.0 Å². The fourth-order valence-corrected chi connectivity index (χ4v) is 4.51. The van der Waals surface area contributed by atoms with Gasteiger partial charge >= 0.3 is 0 Å². The highest BCUT2D eigenvalue weighted by atomic mass is 35.5. The molecule has 0 unspecified atom stereocenters. The van der Waals surface area contributed by atoms with E-state index in [1.165, 1.54) is 5.56 Å². The second-order valence-corrected chi connectivity index (χ2v) is 8.57. The summed E-state index contributed by atoms with van der Waals surface area (Å²) in [6.45, 7) is 4.99. The fraction of sp³-hybridized carbons (Fsp3) is 0.409. The number of hydrogen-bond acceptors (Lipinski definition) is 3. The second kappa shape index (κ2) is 7.90. The number of aromatic nitrogens is 2. The lowest BCUT2D eigenvalue weighted by molar-refractivity contribution is 0.00699. The van der Waals surface area contributed by atoms with Crippen molar-refractivity contribution in [1.29, 1.82) is 0 Å². The highest BCUT2D eigenvalue weighted by Crippen LogP contribution is 2.37. The molecule has 146 valence electrons. The van der Waals surface area contributed by atoms with Crippen molar-refractivity contribution in [2.45, 2.75) is 31.3 Å². The first kappa shape index (κ1) is 19.5. The summed E-state index contributed by atoms with van der Waals surface area (Å²) in [5.74, 6) is 0. The Balaban J connectivity index is 1.60. The molecule has 0 bridgehead atoms. The predicted octanol–water partition coefficient (Wildman–Crippen LogP) is 3.22. The number of H-pyrrole nitrogens is 1. The summed E-state index contributed by atoms with van der Waals surface area (Å²) in [5.41, 5.74) is 4.49. The Morgan fingerprint density at radius 1 is 1.25 bits per heavy atom. The van der Waals surface area contributed by atoms with Gasteiger partial charge in [0, 0.05) is 27.0 Å². The molecule has 1 saturated heterocycles. The minimum absolute atomic E-state index is 0.0591. The van der Waals surface area contributed by atoms with Crippen LogP contribution in [0.4, 0.5) is 0 Å². The topological polar surface area (TPSA) is 41.1 Å². The summed E-state index contributed by atoms with van der Waals surface area (Å²) in [6, 6.07) is 14.8. The third kappa shape index (κ3) is 3.71. The van der Waals surface area contributed by atoms with Crippen LogP contribution in [0.2, 0.25) is 5.02 Å². The van der Waals surface area contributed by atoms with Crippen LogP contribution in [0.3, 0.4) is 0 Å². The number of aromatic amines is 1. The Morgan fingerprint density at radius 3 is 2.68 bits per heavy atom. The zero-order valence-corrected chi connectivity index (χ0v) is 17.6. The van der Waals surface area contributed by atoms with Gasteiger partial charge in [0.1, 0.15) is 0 Å². The Kier molecular flexibility index (Phi) is 5.50. The average Bonchev–Trinajstić information content (AvgIpc) is 3.08. The lowest BCUT2D eigenvalue weighted by Gasteiger charge is -2.41. The maximum Gasteiger partial charge on any atom is 0.167 e. The van der Waals surface area contributed by atoms with Crippen LogP contribution in [0.15, 0.2) is 42.5 Å². The summed E-state index contributed by atoms with van der Waals surface area (Å²) in [4.78, 5) is 2.40. The van der Waals surface area contributed by atoms with Gasteiger partial charge in [0.05, 0.1) is 18.2 Å². The highest BCUT2D eigenvalue weighted by molar-refractivity contribution is 6.38. The number of hydrogen-bond donors (Lipinski definition) is 1. The number of benzene rings is 2. The van der Waals surface area contributed by atoms with Crippen LogP contribution < -0.4 is 5.59 Å². The fourth-order valence-electron chi connectivity index (χ4n) is 4.29. The number of nitrogens with zero attached hydrogens (tertiary/aromatic N) is 2. The molecule has 1 aliphatic rings. The van der Waals surface area contributed by atoms with Gasteiger partial charge in [0.15, 0.2) is 7.85 Å². The van der Waals surface area contributed by atoms with E-state index in [2.05, 4.69) is 59.4 Å². The molecule has 1 N–H and O–H groups in total. The number of likely N-dealkylation sites (tertiary alicyclic amines) is 1. The summed E-state index contributed by atoms with van der Waals surface area (Å²) >= 11 is 6.38. The van der Waals surface area contributed by atoms with Crippen LogP contribution in [-0.4, -0.2) is 49.7 Å². The van der Waals surface area contributed by atoms with Crippen LogP contribution in [0.25, 0.3) is 10.9 Å². The van der Waals surface area contributed by atoms with E-state index in [1.807, 2.05) is 20.0 Å². The van der Waals surface area contributed by atoms with Gasteiger partial charge in [-0.1, -0.05) is 41.9 Å². The molecule has 6 heteroatoms. The molecule has 2 heterocycles.